The summed E-state index contributed by atoms with van der Waals surface area (Å²) < 4.78 is 26.9. The lowest BCUT2D eigenvalue weighted by Crippen LogP contribution is -2.26. The lowest BCUT2D eigenvalue weighted by Gasteiger charge is -2.06. The Morgan fingerprint density at radius 3 is 2.58 bits per heavy atom. The summed E-state index contributed by atoms with van der Waals surface area (Å²) in [6.45, 7) is 0.562. The third-order valence-corrected chi connectivity index (χ3v) is 4.37. The van der Waals surface area contributed by atoms with Crippen LogP contribution < -0.4 is 5.32 Å². The van der Waals surface area contributed by atoms with Crippen LogP contribution >= 0.6 is 0 Å². The molecule has 1 saturated carbocycles. The third kappa shape index (κ3) is 5.28. The van der Waals surface area contributed by atoms with Crippen LogP contribution in [-0.4, -0.2) is 23.5 Å². The number of hydrogen-bond donors (Lipinski definition) is 2. The van der Waals surface area contributed by atoms with Crippen molar-refractivity contribution in [2.45, 2.75) is 50.9 Å². The SMILES string of the molecule is O=C(O)CCCCCCCNC(=O)C1CC1c1cccc(F)c1F. The van der Waals surface area contributed by atoms with E-state index in [0.717, 1.165) is 31.7 Å². The van der Waals surface area contributed by atoms with Gasteiger partial charge in [0.15, 0.2) is 11.6 Å². The molecule has 6 heteroatoms. The summed E-state index contributed by atoms with van der Waals surface area (Å²) in [4.78, 5) is 22.4. The summed E-state index contributed by atoms with van der Waals surface area (Å²) in [6.07, 6.45) is 5.05. The number of amides is 1. The summed E-state index contributed by atoms with van der Waals surface area (Å²) in [7, 11) is 0. The number of benzene rings is 1. The summed E-state index contributed by atoms with van der Waals surface area (Å²) in [6, 6.07) is 4.08. The number of carbonyl (C=O) groups is 2. The van der Waals surface area contributed by atoms with Gasteiger partial charge in [0.25, 0.3) is 0 Å². The average molecular weight is 339 g/mol. The minimum absolute atomic E-state index is 0.102. The molecule has 0 saturated heterocycles. The highest BCUT2D eigenvalue weighted by Crippen LogP contribution is 2.48. The van der Waals surface area contributed by atoms with Crippen molar-refractivity contribution in [3.05, 3.63) is 35.4 Å². The van der Waals surface area contributed by atoms with Gasteiger partial charge in [-0.15, -0.1) is 0 Å². The molecule has 1 aliphatic rings. The highest BCUT2D eigenvalue weighted by atomic mass is 19.2. The Balaban J connectivity index is 1.60. The van der Waals surface area contributed by atoms with Gasteiger partial charge >= 0.3 is 5.97 Å². The molecule has 1 aromatic rings. The highest BCUT2D eigenvalue weighted by Gasteiger charge is 2.45. The molecular weight excluding hydrogens is 316 g/mol. The molecular formula is C18H23F2NO3. The van der Waals surface area contributed by atoms with Gasteiger partial charge < -0.3 is 10.4 Å². The molecule has 1 amide bonds. The van der Waals surface area contributed by atoms with Gasteiger partial charge in [-0.2, -0.15) is 0 Å². The van der Waals surface area contributed by atoms with Gasteiger partial charge in [0, 0.05) is 18.9 Å². The van der Waals surface area contributed by atoms with Crippen molar-refractivity contribution in [1.82, 2.24) is 5.32 Å². The van der Waals surface area contributed by atoms with Crippen LogP contribution in [0, 0.1) is 17.6 Å². The molecule has 1 aliphatic carbocycles. The zero-order valence-corrected chi connectivity index (χ0v) is 13.6. The molecule has 0 aromatic heterocycles. The first-order chi connectivity index (χ1) is 11.5. The molecule has 2 N–H and O–H groups in total. The van der Waals surface area contributed by atoms with Gasteiger partial charge in [0.1, 0.15) is 0 Å². The van der Waals surface area contributed by atoms with Gasteiger partial charge in [-0.3, -0.25) is 9.59 Å². The molecule has 0 spiro atoms. The molecule has 0 bridgehead atoms. The Bertz CT molecular complexity index is 592. The molecule has 0 heterocycles. The molecule has 2 rings (SSSR count). The van der Waals surface area contributed by atoms with Crippen LogP contribution in [0.25, 0.3) is 0 Å². The van der Waals surface area contributed by atoms with E-state index in [-0.39, 0.29) is 29.7 Å². The quantitative estimate of drug-likeness (QED) is 0.640. The van der Waals surface area contributed by atoms with Gasteiger partial charge in [0.05, 0.1) is 0 Å². The van der Waals surface area contributed by atoms with Gasteiger partial charge in [-0.1, -0.05) is 31.4 Å². The van der Waals surface area contributed by atoms with Crippen LogP contribution in [0.5, 0.6) is 0 Å². The molecule has 1 aromatic carbocycles. The molecule has 0 aliphatic heterocycles. The maximum absolute atomic E-state index is 13.7. The van der Waals surface area contributed by atoms with E-state index in [1.54, 1.807) is 0 Å². The van der Waals surface area contributed by atoms with Crippen molar-refractivity contribution in [2.24, 2.45) is 5.92 Å². The topological polar surface area (TPSA) is 66.4 Å². The van der Waals surface area contributed by atoms with E-state index in [1.807, 2.05) is 0 Å². The second kappa shape index (κ2) is 8.76. The van der Waals surface area contributed by atoms with E-state index in [1.165, 1.54) is 12.1 Å². The number of carboxylic acid groups (broad SMARTS) is 1. The Morgan fingerprint density at radius 1 is 1.12 bits per heavy atom. The van der Waals surface area contributed by atoms with Crippen molar-refractivity contribution in [3.63, 3.8) is 0 Å². The smallest absolute Gasteiger partial charge is 0.303 e. The largest absolute Gasteiger partial charge is 0.481 e. The minimum Gasteiger partial charge on any atom is -0.481 e. The monoisotopic (exact) mass is 339 g/mol. The number of hydrogen-bond acceptors (Lipinski definition) is 2. The second-order valence-electron chi connectivity index (χ2n) is 6.29. The molecule has 2 atom stereocenters. The summed E-state index contributed by atoms with van der Waals surface area (Å²) >= 11 is 0. The van der Waals surface area contributed by atoms with Crippen LogP contribution in [0.2, 0.25) is 0 Å². The Morgan fingerprint density at radius 2 is 1.83 bits per heavy atom. The zero-order valence-electron chi connectivity index (χ0n) is 13.6. The maximum atomic E-state index is 13.7. The van der Waals surface area contributed by atoms with E-state index in [9.17, 15) is 18.4 Å². The van der Waals surface area contributed by atoms with Crippen LogP contribution in [-0.2, 0) is 9.59 Å². The number of unbranched alkanes of at least 4 members (excludes halogenated alkanes) is 4. The Labute approximate surface area is 140 Å². The number of carboxylic acids is 1. The van der Waals surface area contributed by atoms with Crippen molar-refractivity contribution in [3.8, 4) is 0 Å². The highest BCUT2D eigenvalue weighted by molar-refractivity contribution is 5.82. The normalized spacial score (nSPS) is 19.1. The van der Waals surface area contributed by atoms with E-state index >= 15 is 0 Å². The Kier molecular flexibility index (Phi) is 6.70. The second-order valence-corrected chi connectivity index (χ2v) is 6.29. The molecule has 4 nitrogen and oxygen atoms in total. The van der Waals surface area contributed by atoms with E-state index in [0.29, 0.717) is 19.4 Å². The lowest BCUT2D eigenvalue weighted by atomic mass is 10.1. The van der Waals surface area contributed by atoms with Crippen molar-refractivity contribution in [2.75, 3.05) is 6.54 Å². The molecule has 0 radical (unpaired) electrons. The van der Waals surface area contributed by atoms with Gasteiger partial charge in [-0.25, -0.2) is 8.78 Å². The third-order valence-electron chi connectivity index (χ3n) is 4.37. The zero-order chi connectivity index (χ0) is 17.5. The molecule has 2 unspecified atom stereocenters. The molecule has 1 fully saturated rings. The average Bonchev–Trinajstić information content (AvgIpc) is 3.32. The molecule has 24 heavy (non-hydrogen) atoms. The lowest BCUT2D eigenvalue weighted by molar-refractivity contribution is -0.137. The maximum Gasteiger partial charge on any atom is 0.303 e. The first-order valence-electron chi connectivity index (χ1n) is 8.44. The van der Waals surface area contributed by atoms with Gasteiger partial charge in [0.2, 0.25) is 5.91 Å². The number of aliphatic carboxylic acids is 1. The summed E-state index contributed by atoms with van der Waals surface area (Å²) in [5.41, 5.74) is 0.286. The number of rotatable bonds is 10. The van der Waals surface area contributed by atoms with Gasteiger partial charge in [-0.05, 0) is 36.8 Å². The van der Waals surface area contributed by atoms with Crippen LogP contribution in [0.3, 0.4) is 0 Å². The fraction of sp³-hybridized carbons (Fsp3) is 0.556. The van der Waals surface area contributed by atoms with E-state index in [2.05, 4.69) is 5.32 Å². The fourth-order valence-electron chi connectivity index (χ4n) is 2.91. The number of nitrogens with one attached hydrogen (secondary N) is 1. The Hall–Kier alpha value is -1.98. The predicted octanol–water partition coefficient (Wildman–Crippen LogP) is 3.61. The van der Waals surface area contributed by atoms with Crippen LogP contribution in [0.15, 0.2) is 18.2 Å². The summed E-state index contributed by atoms with van der Waals surface area (Å²) in [5.74, 6) is -3.08. The van der Waals surface area contributed by atoms with Crippen molar-refractivity contribution < 1.29 is 23.5 Å². The first kappa shape index (κ1) is 18.4. The van der Waals surface area contributed by atoms with Crippen LogP contribution in [0.4, 0.5) is 8.78 Å². The summed E-state index contributed by atoms with van der Waals surface area (Å²) in [5, 5.41) is 11.4. The molecule has 132 valence electrons. The predicted molar refractivity (Wildman–Crippen MR) is 85.6 cm³/mol. The fourth-order valence-corrected chi connectivity index (χ4v) is 2.91. The standard InChI is InChI=1S/C18H23F2NO3/c19-15-8-6-7-12(17(15)20)13-11-14(13)18(24)21-10-5-3-1-2-4-9-16(22)23/h6-8,13-14H,1-5,9-11H2,(H,21,24)(H,22,23). The first-order valence-corrected chi connectivity index (χ1v) is 8.44. The number of carbonyl (C=O) groups excluding carboxylic acids is 1. The van der Waals surface area contributed by atoms with Crippen LogP contribution in [0.1, 0.15) is 56.4 Å². The van der Waals surface area contributed by atoms with E-state index < -0.39 is 17.6 Å². The van der Waals surface area contributed by atoms with E-state index in [4.69, 9.17) is 5.11 Å². The minimum atomic E-state index is -0.874. The van der Waals surface area contributed by atoms with Crippen molar-refractivity contribution in [1.29, 1.82) is 0 Å². The van der Waals surface area contributed by atoms with Crippen molar-refractivity contribution >= 4 is 11.9 Å². The number of halogens is 2.